The molecule has 0 aromatic carbocycles. The second-order valence-corrected chi connectivity index (χ2v) is 3.20. The largest absolute Gasteiger partial charge is 0.395 e. The summed E-state index contributed by atoms with van der Waals surface area (Å²) in [5, 5.41) is 26.8. The van der Waals surface area contributed by atoms with Crippen LogP contribution < -0.4 is 0 Å². The van der Waals surface area contributed by atoms with Crippen molar-refractivity contribution < 1.29 is 15.3 Å². The van der Waals surface area contributed by atoms with Gasteiger partial charge in [0.05, 0.1) is 19.3 Å². The lowest BCUT2D eigenvalue weighted by atomic mass is 9.88. The molecule has 4 heteroatoms. The Balaban J connectivity index is 2.30. The summed E-state index contributed by atoms with van der Waals surface area (Å²) in [4.78, 5) is 1.94. The predicted octanol–water partition coefficient (Wildman–Crippen LogP) is -1.20. The van der Waals surface area contributed by atoms with E-state index in [0.717, 1.165) is 12.8 Å². The van der Waals surface area contributed by atoms with E-state index in [0.29, 0.717) is 13.1 Å². The lowest BCUT2D eigenvalue weighted by molar-refractivity contribution is -0.0312. The molecule has 4 nitrogen and oxygen atoms in total. The third kappa shape index (κ3) is 2.17. The standard InChI is InChI=1S/C8H17NO3/c10-5-3-9(4-6-11)7-1-2-8(7)12/h7-8,10-12H,1-6H2. The van der Waals surface area contributed by atoms with Gasteiger partial charge in [0.15, 0.2) is 0 Å². The van der Waals surface area contributed by atoms with E-state index in [-0.39, 0.29) is 25.4 Å². The summed E-state index contributed by atoms with van der Waals surface area (Å²) in [7, 11) is 0. The minimum atomic E-state index is -0.261. The van der Waals surface area contributed by atoms with Crippen molar-refractivity contribution in [3.63, 3.8) is 0 Å². The Morgan fingerprint density at radius 2 is 1.67 bits per heavy atom. The van der Waals surface area contributed by atoms with Gasteiger partial charge in [0.2, 0.25) is 0 Å². The molecule has 1 saturated carbocycles. The van der Waals surface area contributed by atoms with Crippen molar-refractivity contribution in [1.82, 2.24) is 4.90 Å². The average molecular weight is 175 g/mol. The normalized spacial score (nSPS) is 29.0. The molecule has 1 rings (SSSR count). The van der Waals surface area contributed by atoms with Crippen LogP contribution in [0.4, 0.5) is 0 Å². The number of aliphatic hydroxyl groups is 3. The van der Waals surface area contributed by atoms with Crippen LogP contribution in [0.5, 0.6) is 0 Å². The molecule has 12 heavy (non-hydrogen) atoms. The second-order valence-electron chi connectivity index (χ2n) is 3.20. The number of rotatable bonds is 5. The smallest absolute Gasteiger partial charge is 0.0696 e. The number of hydrogen-bond acceptors (Lipinski definition) is 4. The molecule has 1 aliphatic carbocycles. The molecule has 0 radical (unpaired) electrons. The van der Waals surface area contributed by atoms with Crippen LogP contribution in [0.3, 0.4) is 0 Å². The van der Waals surface area contributed by atoms with Gasteiger partial charge in [0, 0.05) is 19.1 Å². The molecule has 0 aromatic rings. The van der Waals surface area contributed by atoms with Crippen LogP contribution >= 0.6 is 0 Å². The van der Waals surface area contributed by atoms with E-state index in [1.54, 1.807) is 0 Å². The van der Waals surface area contributed by atoms with Crippen LogP contribution in [0.2, 0.25) is 0 Å². The summed E-state index contributed by atoms with van der Waals surface area (Å²) in [6, 6.07) is 0.157. The highest BCUT2D eigenvalue weighted by Crippen LogP contribution is 2.24. The summed E-state index contributed by atoms with van der Waals surface area (Å²) in [5.74, 6) is 0. The molecule has 2 unspecified atom stereocenters. The fourth-order valence-electron chi connectivity index (χ4n) is 1.59. The highest BCUT2D eigenvalue weighted by molar-refractivity contribution is 4.88. The predicted molar refractivity (Wildman–Crippen MR) is 44.8 cm³/mol. The van der Waals surface area contributed by atoms with Crippen molar-refractivity contribution in [2.75, 3.05) is 26.3 Å². The lowest BCUT2D eigenvalue weighted by Crippen LogP contribution is -2.52. The van der Waals surface area contributed by atoms with Crippen molar-refractivity contribution in [1.29, 1.82) is 0 Å². The molecule has 0 amide bonds. The molecular weight excluding hydrogens is 158 g/mol. The van der Waals surface area contributed by atoms with Crippen LogP contribution in [0.1, 0.15) is 12.8 Å². The van der Waals surface area contributed by atoms with Gasteiger partial charge < -0.3 is 15.3 Å². The summed E-state index contributed by atoms with van der Waals surface area (Å²) in [5.41, 5.74) is 0. The Hall–Kier alpha value is -0.160. The van der Waals surface area contributed by atoms with Gasteiger partial charge in [0.1, 0.15) is 0 Å². The Morgan fingerprint density at radius 3 is 1.92 bits per heavy atom. The van der Waals surface area contributed by atoms with E-state index in [9.17, 15) is 5.11 Å². The molecule has 0 spiro atoms. The Kier molecular flexibility index (Phi) is 3.94. The second kappa shape index (κ2) is 4.77. The van der Waals surface area contributed by atoms with Crippen LogP contribution in [-0.2, 0) is 0 Å². The zero-order valence-corrected chi connectivity index (χ0v) is 7.19. The maximum atomic E-state index is 9.33. The van der Waals surface area contributed by atoms with Crippen LogP contribution in [0.15, 0.2) is 0 Å². The van der Waals surface area contributed by atoms with Gasteiger partial charge >= 0.3 is 0 Å². The highest BCUT2D eigenvalue weighted by Gasteiger charge is 2.33. The molecule has 1 fully saturated rings. The summed E-state index contributed by atoms with van der Waals surface area (Å²) in [6.07, 6.45) is 1.56. The maximum absolute atomic E-state index is 9.33. The highest BCUT2D eigenvalue weighted by atomic mass is 16.3. The topological polar surface area (TPSA) is 63.9 Å². The third-order valence-electron chi connectivity index (χ3n) is 2.45. The molecule has 0 heterocycles. The fourth-order valence-corrected chi connectivity index (χ4v) is 1.59. The molecule has 0 aromatic heterocycles. The van der Waals surface area contributed by atoms with E-state index in [1.807, 2.05) is 4.90 Å². The Bertz CT molecular complexity index is 125. The van der Waals surface area contributed by atoms with Gasteiger partial charge in [-0.15, -0.1) is 0 Å². The van der Waals surface area contributed by atoms with Gasteiger partial charge in [0.25, 0.3) is 0 Å². The van der Waals surface area contributed by atoms with Crippen molar-refractivity contribution in [2.45, 2.75) is 25.0 Å². The molecule has 2 atom stereocenters. The fraction of sp³-hybridized carbons (Fsp3) is 1.00. The van der Waals surface area contributed by atoms with Crippen molar-refractivity contribution in [3.8, 4) is 0 Å². The zero-order chi connectivity index (χ0) is 8.97. The first-order chi connectivity index (χ1) is 5.79. The molecule has 0 bridgehead atoms. The Labute approximate surface area is 72.4 Å². The van der Waals surface area contributed by atoms with Crippen molar-refractivity contribution >= 4 is 0 Å². The summed E-state index contributed by atoms with van der Waals surface area (Å²) < 4.78 is 0. The van der Waals surface area contributed by atoms with Gasteiger partial charge in [-0.25, -0.2) is 0 Å². The van der Waals surface area contributed by atoms with E-state index < -0.39 is 0 Å². The van der Waals surface area contributed by atoms with E-state index in [4.69, 9.17) is 10.2 Å². The van der Waals surface area contributed by atoms with Gasteiger partial charge in [-0.1, -0.05) is 0 Å². The van der Waals surface area contributed by atoms with Crippen LogP contribution in [0, 0.1) is 0 Å². The van der Waals surface area contributed by atoms with Crippen molar-refractivity contribution in [3.05, 3.63) is 0 Å². The summed E-state index contributed by atoms with van der Waals surface area (Å²) >= 11 is 0. The first-order valence-electron chi connectivity index (χ1n) is 4.43. The molecule has 3 N–H and O–H groups in total. The quantitative estimate of drug-likeness (QED) is 0.491. The minimum absolute atomic E-state index is 0.0865. The summed E-state index contributed by atoms with van der Waals surface area (Å²) in [6.45, 7) is 1.26. The molecular formula is C8H17NO3. The molecule has 0 saturated heterocycles. The van der Waals surface area contributed by atoms with Crippen molar-refractivity contribution in [2.24, 2.45) is 0 Å². The van der Waals surface area contributed by atoms with E-state index in [1.165, 1.54) is 0 Å². The molecule has 0 aliphatic heterocycles. The zero-order valence-electron chi connectivity index (χ0n) is 7.19. The monoisotopic (exact) mass is 175 g/mol. The van der Waals surface area contributed by atoms with Gasteiger partial charge in [-0.3, -0.25) is 4.90 Å². The van der Waals surface area contributed by atoms with Gasteiger partial charge in [-0.2, -0.15) is 0 Å². The van der Waals surface area contributed by atoms with Crippen LogP contribution in [0.25, 0.3) is 0 Å². The number of nitrogens with zero attached hydrogens (tertiary/aromatic N) is 1. The minimum Gasteiger partial charge on any atom is -0.395 e. The van der Waals surface area contributed by atoms with E-state index in [2.05, 4.69) is 0 Å². The van der Waals surface area contributed by atoms with Crippen LogP contribution in [-0.4, -0.2) is 58.7 Å². The first kappa shape index (κ1) is 9.92. The van der Waals surface area contributed by atoms with E-state index >= 15 is 0 Å². The lowest BCUT2D eigenvalue weighted by Gasteiger charge is -2.41. The molecule has 1 aliphatic rings. The van der Waals surface area contributed by atoms with Gasteiger partial charge in [-0.05, 0) is 12.8 Å². The average Bonchev–Trinajstić information content (AvgIpc) is 2.03. The maximum Gasteiger partial charge on any atom is 0.0696 e. The molecule has 72 valence electrons. The SMILES string of the molecule is OCCN(CCO)C1CCC1O. The first-order valence-corrected chi connectivity index (χ1v) is 4.43. The number of hydrogen-bond donors (Lipinski definition) is 3. The number of aliphatic hydroxyl groups excluding tert-OH is 3. The Morgan fingerprint density at radius 1 is 1.08 bits per heavy atom. The third-order valence-corrected chi connectivity index (χ3v) is 2.45.